The number of hydrazone groups is 1. The van der Waals surface area contributed by atoms with Crippen LogP contribution < -0.4 is 16.9 Å². The molecule has 0 aliphatic carbocycles. The Kier molecular flexibility index (Phi) is 6.62. The number of urea groups is 1. The van der Waals surface area contributed by atoms with Crippen molar-refractivity contribution in [1.29, 1.82) is 0 Å². The van der Waals surface area contributed by atoms with Crippen LogP contribution in [0.4, 0.5) is 4.79 Å². The monoisotopic (exact) mass is 370 g/mol. The molecule has 0 radical (unpaired) electrons. The van der Waals surface area contributed by atoms with Crippen LogP contribution in [0.3, 0.4) is 0 Å². The molecule has 136 valence electrons. The number of carbonyl (C=O) groups is 3. The molecule has 11 heteroatoms. The van der Waals surface area contributed by atoms with Gasteiger partial charge in [-0.25, -0.2) is 18.6 Å². The number of sulfone groups is 1. The number of nitrogens with one attached hydrogen (secondary N) is 1. The van der Waals surface area contributed by atoms with Crippen molar-refractivity contribution in [2.24, 2.45) is 22.5 Å². The lowest BCUT2D eigenvalue weighted by Gasteiger charge is -2.22. The third-order valence-electron chi connectivity index (χ3n) is 3.24. The van der Waals surface area contributed by atoms with Gasteiger partial charge in [0.05, 0.1) is 17.7 Å². The van der Waals surface area contributed by atoms with E-state index in [1.807, 2.05) is 5.43 Å². The number of carbonyl (C=O) groups excluding carboxylic acids is 3. The number of rotatable bonds is 7. The summed E-state index contributed by atoms with van der Waals surface area (Å²) in [4.78, 5) is 34.6. The second-order valence-corrected chi connectivity index (χ2v) is 6.98. The molecule has 0 saturated carbocycles. The fourth-order valence-electron chi connectivity index (χ4n) is 2.11. The molecule has 0 bridgehead atoms. The maximum absolute atomic E-state index is 12.8. The van der Waals surface area contributed by atoms with Gasteiger partial charge in [0.15, 0.2) is 15.1 Å². The number of ether oxygens (including phenoxy) is 1. The Morgan fingerprint density at radius 3 is 2.16 bits per heavy atom. The standard InChI is InChI=1S/C14H18N4O6S/c1-8(17-18-14(16)21)10(13(20)24-2)11(12(15)19)25(22,23)9-6-4-3-5-7-9/h3-7,10-11H,1-2H3,(H2,15,19)(H3,16,18,21)/b17-8+. The third kappa shape index (κ3) is 4.76. The van der Waals surface area contributed by atoms with Gasteiger partial charge >= 0.3 is 12.0 Å². The Morgan fingerprint density at radius 1 is 1.16 bits per heavy atom. The Balaban J connectivity index is 3.49. The van der Waals surface area contributed by atoms with E-state index in [1.165, 1.54) is 31.2 Å². The number of nitrogens with zero attached hydrogens (tertiary/aromatic N) is 1. The summed E-state index contributed by atoms with van der Waals surface area (Å²) < 4.78 is 30.2. The third-order valence-corrected chi connectivity index (χ3v) is 5.34. The van der Waals surface area contributed by atoms with Crippen molar-refractivity contribution >= 4 is 33.5 Å². The highest BCUT2D eigenvalue weighted by molar-refractivity contribution is 7.93. The largest absolute Gasteiger partial charge is 0.468 e. The van der Waals surface area contributed by atoms with Crippen LogP contribution in [0.15, 0.2) is 40.3 Å². The van der Waals surface area contributed by atoms with E-state index in [1.54, 1.807) is 6.07 Å². The molecule has 5 N–H and O–H groups in total. The molecule has 1 rings (SSSR count). The molecule has 1 aromatic carbocycles. The number of methoxy groups -OCH3 is 1. The summed E-state index contributed by atoms with van der Waals surface area (Å²) in [5.41, 5.74) is 11.8. The maximum atomic E-state index is 12.8. The highest BCUT2D eigenvalue weighted by Crippen LogP contribution is 2.24. The van der Waals surface area contributed by atoms with Crippen LogP contribution in [0.1, 0.15) is 6.92 Å². The second-order valence-electron chi connectivity index (χ2n) is 4.91. The average molecular weight is 370 g/mol. The summed E-state index contributed by atoms with van der Waals surface area (Å²) in [7, 11) is -3.33. The maximum Gasteiger partial charge on any atom is 0.332 e. The minimum atomic E-state index is -4.34. The SMILES string of the molecule is COC(=O)C(/C(C)=N/NC(N)=O)C(C(N)=O)S(=O)(=O)c1ccccc1. The first-order valence-electron chi connectivity index (χ1n) is 6.88. The zero-order valence-corrected chi connectivity index (χ0v) is 14.3. The van der Waals surface area contributed by atoms with Gasteiger partial charge < -0.3 is 16.2 Å². The molecule has 0 saturated heterocycles. The van der Waals surface area contributed by atoms with Gasteiger partial charge in [0.2, 0.25) is 5.91 Å². The summed E-state index contributed by atoms with van der Waals surface area (Å²) in [5, 5.41) is 1.54. The van der Waals surface area contributed by atoms with Crippen LogP contribution in [-0.2, 0) is 24.2 Å². The first-order chi connectivity index (χ1) is 11.6. The van der Waals surface area contributed by atoms with Crippen LogP contribution in [-0.4, -0.2) is 44.4 Å². The molecule has 0 aromatic heterocycles. The molecule has 0 fully saturated rings. The Labute approximate surface area is 144 Å². The molecule has 10 nitrogen and oxygen atoms in total. The number of amides is 3. The van der Waals surface area contributed by atoms with Gasteiger partial charge in [0, 0.05) is 0 Å². The summed E-state index contributed by atoms with van der Waals surface area (Å²) in [6.07, 6.45) is 0. The number of hydrogen-bond donors (Lipinski definition) is 3. The van der Waals surface area contributed by atoms with Crippen LogP contribution >= 0.6 is 0 Å². The van der Waals surface area contributed by atoms with Crippen molar-refractivity contribution in [3.8, 4) is 0 Å². The van der Waals surface area contributed by atoms with Crippen LogP contribution in [0.25, 0.3) is 0 Å². The van der Waals surface area contributed by atoms with Crippen molar-refractivity contribution in [1.82, 2.24) is 5.43 Å². The smallest absolute Gasteiger partial charge is 0.332 e. The fraction of sp³-hybridized carbons (Fsp3) is 0.286. The van der Waals surface area contributed by atoms with Crippen molar-refractivity contribution in [3.05, 3.63) is 30.3 Å². The van der Waals surface area contributed by atoms with E-state index in [0.717, 1.165) is 7.11 Å². The molecule has 0 spiro atoms. The number of primary amides is 2. The van der Waals surface area contributed by atoms with E-state index in [-0.39, 0.29) is 10.6 Å². The molecule has 25 heavy (non-hydrogen) atoms. The highest BCUT2D eigenvalue weighted by atomic mass is 32.2. The predicted molar refractivity (Wildman–Crippen MR) is 87.9 cm³/mol. The van der Waals surface area contributed by atoms with Crippen LogP contribution in [0.5, 0.6) is 0 Å². The van der Waals surface area contributed by atoms with E-state index in [9.17, 15) is 22.8 Å². The Bertz CT molecular complexity index is 791. The van der Waals surface area contributed by atoms with E-state index in [0.29, 0.717) is 0 Å². The molecule has 2 atom stereocenters. The fourth-order valence-corrected chi connectivity index (χ4v) is 3.91. The molecule has 2 unspecified atom stereocenters. The molecular weight excluding hydrogens is 352 g/mol. The normalized spacial score (nSPS) is 14.2. The Morgan fingerprint density at radius 2 is 1.72 bits per heavy atom. The lowest BCUT2D eigenvalue weighted by atomic mass is 9.99. The number of benzene rings is 1. The zero-order valence-electron chi connectivity index (χ0n) is 13.5. The van der Waals surface area contributed by atoms with Crippen molar-refractivity contribution in [2.75, 3.05) is 7.11 Å². The molecule has 0 aliphatic rings. The van der Waals surface area contributed by atoms with Gasteiger partial charge in [-0.2, -0.15) is 5.10 Å². The lowest BCUT2D eigenvalue weighted by Crippen LogP contribution is -2.48. The lowest BCUT2D eigenvalue weighted by molar-refractivity contribution is -0.144. The number of nitrogens with two attached hydrogens (primary N) is 2. The van der Waals surface area contributed by atoms with E-state index in [2.05, 4.69) is 9.84 Å². The summed E-state index contributed by atoms with van der Waals surface area (Å²) in [5.74, 6) is -4.00. The quantitative estimate of drug-likeness (QED) is 0.320. The van der Waals surface area contributed by atoms with Gasteiger partial charge in [-0.1, -0.05) is 18.2 Å². The van der Waals surface area contributed by atoms with E-state index < -0.39 is 38.9 Å². The Hall–Kier alpha value is -2.95. The van der Waals surface area contributed by atoms with Crippen molar-refractivity contribution < 1.29 is 27.5 Å². The first-order valence-corrected chi connectivity index (χ1v) is 8.43. The van der Waals surface area contributed by atoms with Crippen LogP contribution in [0, 0.1) is 5.92 Å². The minimum Gasteiger partial charge on any atom is -0.468 e. The summed E-state index contributed by atoms with van der Waals surface area (Å²) in [6, 6.07) is 5.96. The van der Waals surface area contributed by atoms with Gasteiger partial charge in [-0.05, 0) is 19.1 Å². The molecule has 0 heterocycles. The first kappa shape index (κ1) is 20.1. The molecule has 1 aromatic rings. The van der Waals surface area contributed by atoms with Crippen LogP contribution in [0.2, 0.25) is 0 Å². The van der Waals surface area contributed by atoms with Crippen molar-refractivity contribution in [2.45, 2.75) is 17.1 Å². The van der Waals surface area contributed by atoms with Gasteiger partial charge in [0.1, 0.15) is 5.92 Å². The molecule has 0 aliphatic heterocycles. The number of hydrogen-bond acceptors (Lipinski definition) is 7. The average Bonchev–Trinajstić information content (AvgIpc) is 2.56. The van der Waals surface area contributed by atoms with E-state index >= 15 is 0 Å². The van der Waals surface area contributed by atoms with E-state index in [4.69, 9.17) is 11.5 Å². The zero-order chi connectivity index (χ0) is 19.2. The predicted octanol–water partition coefficient (Wildman–Crippen LogP) is -0.852. The van der Waals surface area contributed by atoms with Gasteiger partial charge in [0.25, 0.3) is 0 Å². The second kappa shape index (κ2) is 8.24. The van der Waals surface area contributed by atoms with Crippen molar-refractivity contribution in [3.63, 3.8) is 0 Å². The number of esters is 1. The summed E-state index contributed by atoms with van der Waals surface area (Å²) >= 11 is 0. The van der Waals surface area contributed by atoms with Gasteiger partial charge in [-0.15, -0.1) is 0 Å². The molecular formula is C14H18N4O6S. The molecule has 3 amide bonds. The topological polar surface area (TPSA) is 171 Å². The summed E-state index contributed by atoms with van der Waals surface area (Å²) in [6.45, 7) is 1.23. The van der Waals surface area contributed by atoms with Gasteiger partial charge in [-0.3, -0.25) is 9.59 Å². The highest BCUT2D eigenvalue weighted by Gasteiger charge is 2.45. The minimum absolute atomic E-state index is 0.205.